The topological polar surface area (TPSA) is 50.2 Å². The van der Waals surface area contributed by atoms with Crippen LogP contribution in [0.15, 0.2) is 30.3 Å². The second-order valence-corrected chi connectivity index (χ2v) is 7.88. The number of thiophene rings is 1. The van der Waals surface area contributed by atoms with E-state index in [9.17, 15) is 4.79 Å². The number of rotatable bonds is 2. The maximum Gasteiger partial charge on any atom is 0.264 e. The van der Waals surface area contributed by atoms with Crippen molar-refractivity contribution in [3.05, 3.63) is 45.9 Å². The molecule has 1 unspecified atom stereocenters. The maximum absolute atomic E-state index is 12.9. The van der Waals surface area contributed by atoms with E-state index in [1.165, 1.54) is 11.3 Å². The molecule has 3 aromatic rings. The van der Waals surface area contributed by atoms with E-state index in [1.807, 2.05) is 46.8 Å². The van der Waals surface area contributed by atoms with E-state index in [1.54, 1.807) is 0 Å². The fraction of sp³-hybridized carbons (Fsp3) is 0.333. The number of hydrogen-bond donors (Lipinski definition) is 1. The summed E-state index contributed by atoms with van der Waals surface area (Å²) in [4.78, 5) is 16.6. The number of hydrogen-bond acceptors (Lipinski definition) is 4. The van der Waals surface area contributed by atoms with E-state index in [4.69, 9.17) is 11.6 Å². The van der Waals surface area contributed by atoms with Crippen LogP contribution in [0.1, 0.15) is 22.3 Å². The van der Waals surface area contributed by atoms with Gasteiger partial charge in [0.2, 0.25) is 0 Å². The van der Waals surface area contributed by atoms with Crippen LogP contribution in [0, 0.1) is 6.92 Å². The summed E-state index contributed by atoms with van der Waals surface area (Å²) in [5, 5.41) is 9.72. The summed E-state index contributed by atoms with van der Waals surface area (Å²) < 4.78 is 1.89. The van der Waals surface area contributed by atoms with Crippen LogP contribution >= 0.6 is 22.9 Å². The first-order valence-electron chi connectivity index (χ1n) is 8.30. The van der Waals surface area contributed by atoms with Gasteiger partial charge in [-0.2, -0.15) is 5.10 Å². The molecule has 0 bridgehead atoms. The molecule has 25 heavy (non-hydrogen) atoms. The lowest BCUT2D eigenvalue weighted by molar-refractivity contribution is 0.0714. The number of aromatic nitrogens is 2. The Morgan fingerprint density at radius 1 is 1.36 bits per heavy atom. The molecule has 1 saturated heterocycles. The van der Waals surface area contributed by atoms with Gasteiger partial charge in [-0.25, -0.2) is 4.68 Å². The van der Waals surface area contributed by atoms with Gasteiger partial charge in [0.15, 0.2) is 0 Å². The predicted octanol–water partition coefficient (Wildman–Crippen LogP) is 3.48. The summed E-state index contributed by atoms with van der Waals surface area (Å²) in [6.45, 7) is 6.42. The van der Waals surface area contributed by atoms with Crippen molar-refractivity contribution in [1.29, 1.82) is 0 Å². The molecule has 4 rings (SSSR count). The first kappa shape index (κ1) is 16.6. The highest BCUT2D eigenvalue weighted by atomic mass is 35.5. The number of carbonyl (C=O) groups is 1. The van der Waals surface area contributed by atoms with Gasteiger partial charge >= 0.3 is 0 Å². The van der Waals surface area contributed by atoms with Crippen LogP contribution in [0.4, 0.5) is 0 Å². The molecule has 1 aromatic carbocycles. The van der Waals surface area contributed by atoms with E-state index in [0.717, 1.165) is 46.1 Å². The maximum atomic E-state index is 12.9. The summed E-state index contributed by atoms with van der Waals surface area (Å²) in [5.74, 6) is 0.108. The molecule has 0 aliphatic carbocycles. The molecule has 0 saturated carbocycles. The predicted molar refractivity (Wildman–Crippen MR) is 102 cm³/mol. The number of aryl methyl sites for hydroxylation is 1. The van der Waals surface area contributed by atoms with Crippen LogP contribution in [0.3, 0.4) is 0 Å². The van der Waals surface area contributed by atoms with Crippen molar-refractivity contribution in [3.63, 3.8) is 0 Å². The normalized spacial score (nSPS) is 18.0. The highest BCUT2D eigenvalue weighted by molar-refractivity contribution is 7.20. The molecule has 1 atom stereocenters. The standard InChI is InChI=1S/C18H19ClN4OS/c1-11-10-22(8-7-20-11)17(24)16-9-15-12(2)21-23(18(15)25-16)14-5-3-13(19)4-6-14/h3-6,9,11,20H,7-8,10H2,1-2H3. The zero-order valence-electron chi connectivity index (χ0n) is 14.1. The molecule has 5 nitrogen and oxygen atoms in total. The van der Waals surface area contributed by atoms with Crippen molar-refractivity contribution in [1.82, 2.24) is 20.0 Å². The second-order valence-electron chi connectivity index (χ2n) is 6.41. The Balaban J connectivity index is 1.72. The third-order valence-corrected chi connectivity index (χ3v) is 5.83. The fourth-order valence-electron chi connectivity index (χ4n) is 3.18. The Labute approximate surface area is 155 Å². The number of nitrogens with one attached hydrogen (secondary N) is 1. The van der Waals surface area contributed by atoms with Gasteiger partial charge < -0.3 is 10.2 Å². The number of carbonyl (C=O) groups excluding carboxylic acids is 1. The quantitative estimate of drug-likeness (QED) is 0.747. The first-order chi connectivity index (χ1) is 12.0. The smallest absolute Gasteiger partial charge is 0.264 e. The van der Waals surface area contributed by atoms with Crippen molar-refractivity contribution in [2.75, 3.05) is 19.6 Å². The van der Waals surface area contributed by atoms with Crippen molar-refractivity contribution in [2.24, 2.45) is 0 Å². The van der Waals surface area contributed by atoms with E-state index in [0.29, 0.717) is 11.1 Å². The van der Waals surface area contributed by atoms with Crippen molar-refractivity contribution < 1.29 is 4.79 Å². The van der Waals surface area contributed by atoms with Crippen LogP contribution in [-0.2, 0) is 0 Å². The summed E-state index contributed by atoms with van der Waals surface area (Å²) in [6.07, 6.45) is 0. The fourth-order valence-corrected chi connectivity index (χ4v) is 4.46. The average molecular weight is 375 g/mol. The third kappa shape index (κ3) is 3.05. The number of piperazine rings is 1. The summed E-state index contributed by atoms with van der Waals surface area (Å²) in [6, 6.07) is 9.88. The zero-order chi connectivity index (χ0) is 17.6. The van der Waals surface area contributed by atoms with Crippen molar-refractivity contribution >= 4 is 39.1 Å². The monoisotopic (exact) mass is 374 g/mol. The molecule has 1 aliphatic rings. The number of amides is 1. The Morgan fingerprint density at radius 2 is 2.12 bits per heavy atom. The zero-order valence-corrected chi connectivity index (χ0v) is 15.7. The summed E-state index contributed by atoms with van der Waals surface area (Å²) >= 11 is 7.49. The molecule has 3 heterocycles. The molecule has 1 amide bonds. The van der Waals surface area contributed by atoms with E-state index in [-0.39, 0.29) is 5.91 Å². The minimum Gasteiger partial charge on any atom is -0.335 e. The molecule has 0 radical (unpaired) electrons. The lowest BCUT2D eigenvalue weighted by Gasteiger charge is -2.31. The molecule has 1 fully saturated rings. The minimum atomic E-state index is 0.108. The molecular formula is C18H19ClN4OS. The SMILES string of the molecule is Cc1nn(-c2ccc(Cl)cc2)c2sc(C(=O)N3CCNC(C)C3)cc12. The molecule has 130 valence electrons. The van der Waals surface area contributed by atoms with Gasteiger partial charge in [0.05, 0.1) is 16.3 Å². The number of benzene rings is 1. The van der Waals surface area contributed by atoms with Crippen molar-refractivity contribution in [3.8, 4) is 5.69 Å². The van der Waals surface area contributed by atoms with Gasteiger partial charge in [0, 0.05) is 36.1 Å². The van der Waals surface area contributed by atoms with Crippen molar-refractivity contribution in [2.45, 2.75) is 19.9 Å². The molecule has 1 N–H and O–H groups in total. The van der Waals surface area contributed by atoms with Crippen LogP contribution < -0.4 is 5.32 Å². The third-order valence-electron chi connectivity index (χ3n) is 4.48. The largest absolute Gasteiger partial charge is 0.335 e. The molecule has 2 aromatic heterocycles. The molecule has 7 heteroatoms. The first-order valence-corrected chi connectivity index (χ1v) is 9.50. The van der Waals surface area contributed by atoms with E-state index in [2.05, 4.69) is 17.3 Å². The lowest BCUT2D eigenvalue weighted by atomic mass is 10.2. The van der Waals surface area contributed by atoms with Crippen LogP contribution in [0.2, 0.25) is 5.02 Å². The van der Waals surface area contributed by atoms with E-state index >= 15 is 0 Å². The second kappa shape index (κ2) is 6.44. The van der Waals surface area contributed by atoms with Gasteiger partial charge in [-0.1, -0.05) is 11.6 Å². The van der Waals surface area contributed by atoms with Gasteiger partial charge in [0.1, 0.15) is 4.83 Å². The lowest BCUT2D eigenvalue weighted by Crippen LogP contribution is -2.51. The number of halogens is 1. The van der Waals surface area contributed by atoms with E-state index < -0.39 is 0 Å². The highest BCUT2D eigenvalue weighted by Gasteiger charge is 2.24. The Morgan fingerprint density at radius 3 is 2.84 bits per heavy atom. The molecular weight excluding hydrogens is 356 g/mol. The summed E-state index contributed by atoms with van der Waals surface area (Å²) in [7, 11) is 0. The Kier molecular flexibility index (Phi) is 4.27. The Hall–Kier alpha value is -1.89. The number of fused-ring (bicyclic) bond motifs is 1. The van der Waals surface area contributed by atoms with Gasteiger partial charge in [-0.05, 0) is 44.2 Å². The average Bonchev–Trinajstić information content (AvgIpc) is 3.16. The minimum absolute atomic E-state index is 0.108. The summed E-state index contributed by atoms with van der Waals surface area (Å²) in [5.41, 5.74) is 1.87. The Bertz CT molecular complexity index is 931. The number of nitrogens with zero attached hydrogens (tertiary/aromatic N) is 3. The van der Waals surface area contributed by atoms with Crippen LogP contribution in [0.25, 0.3) is 15.9 Å². The molecule has 0 spiro atoms. The van der Waals surface area contributed by atoms with Gasteiger partial charge in [0.25, 0.3) is 5.91 Å². The van der Waals surface area contributed by atoms with Crippen LogP contribution in [-0.4, -0.2) is 46.3 Å². The molecule has 1 aliphatic heterocycles. The van der Waals surface area contributed by atoms with Crippen LogP contribution in [0.5, 0.6) is 0 Å². The van der Waals surface area contributed by atoms with Gasteiger partial charge in [-0.3, -0.25) is 4.79 Å². The van der Waals surface area contributed by atoms with Gasteiger partial charge in [-0.15, -0.1) is 11.3 Å². The highest BCUT2D eigenvalue weighted by Crippen LogP contribution is 2.31.